The van der Waals surface area contributed by atoms with Crippen LogP contribution in [0.25, 0.3) is 16.9 Å². The summed E-state index contributed by atoms with van der Waals surface area (Å²) >= 11 is 0. The Morgan fingerprint density at radius 3 is 2.60 bits per heavy atom. The first-order valence-corrected chi connectivity index (χ1v) is 12.3. The van der Waals surface area contributed by atoms with E-state index in [-0.39, 0.29) is 17.9 Å². The number of hydrogen-bond acceptors (Lipinski definition) is 8. The summed E-state index contributed by atoms with van der Waals surface area (Å²) in [5.74, 6) is 1.63. The van der Waals surface area contributed by atoms with E-state index in [1.165, 1.54) is 0 Å². The van der Waals surface area contributed by atoms with Gasteiger partial charge in [0, 0.05) is 44.7 Å². The number of imidazole rings is 1. The van der Waals surface area contributed by atoms with Gasteiger partial charge in [-0.3, -0.25) is 19.4 Å². The minimum absolute atomic E-state index is 0.00141. The third-order valence-electron chi connectivity index (χ3n) is 6.32. The number of piperazine rings is 1. The molecule has 4 rings (SSSR count). The molecule has 188 valence electrons. The molecule has 0 amide bonds. The van der Waals surface area contributed by atoms with Gasteiger partial charge in [-0.1, -0.05) is 6.92 Å². The fourth-order valence-electron chi connectivity index (χ4n) is 4.52. The van der Waals surface area contributed by atoms with Gasteiger partial charge in [-0.25, -0.2) is 9.50 Å². The van der Waals surface area contributed by atoms with Crippen molar-refractivity contribution >= 4 is 11.3 Å². The van der Waals surface area contributed by atoms with Crippen molar-refractivity contribution in [2.45, 2.75) is 33.6 Å². The molecule has 0 bridgehead atoms. The fraction of sp³-hybridized carbons (Fsp3) is 0.520. The van der Waals surface area contributed by atoms with E-state index in [4.69, 9.17) is 14.9 Å². The molecule has 1 fully saturated rings. The van der Waals surface area contributed by atoms with Crippen LogP contribution in [0.4, 0.5) is 0 Å². The monoisotopic (exact) mass is 482 g/mol. The highest BCUT2D eigenvalue weighted by Crippen LogP contribution is 2.29. The smallest absolute Gasteiger partial charge is 0.277 e. The molecule has 0 aliphatic carbocycles. The first kappa shape index (κ1) is 25.0. The Bertz CT molecular complexity index is 1240. The minimum atomic E-state index is -0.276. The highest BCUT2D eigenvalue weighted by Gasteiger charge is 2.21. The molecule has 10 heteroatoms. The number of aromatic amines is 1. The van der Waals surface area contributed by atoms with Gasteiger partial charge in [0.1, 0.15) is 11.6 Å². The summed E-state index contributed by atoms with van der Waals surface area (Å²) in [5.41, 5.74) is 1.91. The molecule has 3 aromatic rings. The van der Waals surface area contributed by atoms with Gasteiger partial charge < -0.3 is 14.8 Å². The number of nitrogens with one attached hydrogen (secondary N) is 1. The largest absolute Gasteiger partial charge is 0.493 e. The van der Waals surface area contributed by atoms with E-state index in [9.17, 15) is 9.59 Å². The molecule has 3 heterocycles. The number of carbonyl (C=O) groups is 1. The van der Waals surface area contributed by atoms with Crippen LogP contribution < -0.4 is 10.3 Å². The lowest BCUT2D eigenvalue weighted by Crippen LogP contribution is -2.48. The molecule has 0 spiro atoms. The van der Waals surface area contributed by atoms with Crippen molar-refractivity contribution < 1.29 is 14.6 Å². The second kappa shape index (κ2) is 11.1. The predicted octanol–water partition coefficient (Wildman–Crippen LogP) is 1.54. The number of hydrogen-bond donors (Lipinski definition) is 2. The molecular formula is C25H34N6O4. The highest BCUT2D eigenvalue weighted by atomic mass is 16.5. The molecule has 35 heavy (non-hydrogen) atoms. The summed E-state index contributed by atoms with van der Waals surface area (Å²) in [6, 6.07) is 5.28. The van der Waals surface area contributed by atoms with Crippen molar-refractivity contribution in [3.8, 4) is 17.1 Å². The number of H-pyrrole nitrogens is 1. The van der Waals surface area contributed by atoms with Gasteiger partial charge in [0.15, 0.2) is 17.1 Å². The molecule has 0 unspecified atom stereocenters. The van der Waals surface area contributed by atoms with Crippen LogP contribution in [0.3, 0.4) is 0 Å². The number of ether oxygens (including phenoxy) is 1. The third kappa shape index (κ3) is 5.44. The maximum atomic E-state index is 13.2. The molecule has 1 aromatic carbocycles. The van der Waals surface area contributed by atoms with Crippen LogP contribution in [0.2, 0.25) is 0 Å². The number of ketones is 1. The van der Waals surface area contributed by atoms with Crippen LogP contribution >= 0.6 is 0 Å². The van der Waals surface area contributed by atoms with Gasteiger partial charge in [0.25, 0.3) is 5.56 Å². The first-order chi connectivity index (χ1) is 16.9. The van der Waals surface area contributed by atoms with E-state index in [1.54, 1.807) is 29.6 Å². The number of aromatic nitrogens is 4. The van der Waals surface area contributed by atoms with Gasteiger partial charge in [-0.15, -0.1) is 5.10 Å². The van der Waals surface area contributed by atoms with Gasteiger partial charge in [-0.2, -0.15) is 0 Å². The summed E-state index contributed by atoms with van der Waals surface area (Å²) < 4.78 is 7.43. The summed E-state index contributed by atoms with van der Waals surface area (Å²) in [4.78, 5) is 37.8. The molecule has 2 N–H and O–H groups in total. The van der Waals surface area contributed by atoms with Crippen LogP contribution in [0, 0.1) is 6.92 Å². The zero-order chi connectivity index (χ0) is 24.9. The van der Waals surface area contributed by atoms with Crippen LogP contribution in [0.1, 0.15) is 42.1 Å². The SMILES string of the molecule is CCCc1nc(C)c2c(=O)[nH]c(-c3cc(C(=O)CN4CCN(CCO)CC4)ccc3OCC)nn12. The quantitative estimate of drug-likeness (QED) is 0.418. The third-order valence-corrected chi connectivity index (χ3v) is 6.32. The van der Waals surface area contributed by atoms with Crippen LogP contribution in [0.5, 0.6) is 5.75 Å². The number of benzene rings is 1. The molecular weight excluding hydrogens is 448 g/mol. The average molecular weight is 483 g/mol. The number of aryl methyl sites for hydroxylation is 2. The predicted molar refractivity (Wildman–Crippen MR) is 133 cm³/mol. The number of carbonyl (C=O) groups excluding carboxylic acids is 1. The number of fused-ring (bicyclic) bond motifs is 1. The van der Waals surface area contributed by atoms with E-state index >= 15 is 0 Å². The van der Waals surface area contributed by atoms with Crippen molar-refractivity contribution in [1.82, 2.24) is 29.4 Å². The maximum Gasteiger partial charge on any atom is 0.277 e. The summed E-state index contributed by atoms with van der Waals surface area (Å²) in [6.45, 7) is 10.5. The molecule has 10 nitrogen and oxygen atoms in total. The topological polar surface area (TPSA) is 116 Å². The van der Waals surface area contributed by atoms with Gasteiger partial charge in [0.05, 0.1) is 31.0 Å². The van der Waals surface area contributed by atoms with E-state index in [0.717, 1.165) is 38.4 Å². The Labute approximate surface area is 204 Å². The number of β-amino-alcohol motifs (C(OH)–C–C–N with tert-alkyl or cyclic N) is 1. The van der Waals surface area contributed by atoms with Crippen LogP contribution in [-0.4, -0.2) is 92.8 Å². The summed E-state index contributed by atoms with van der Waals surface area (Å²) in [7, 11) is 0. The zero-order valence-electron chi connectivity index (χ0n) is 20.7. The van der Waals surface area contributed by atoms with E-state index in [0.29, 0.717) is 60.0 Å². The molecule has 0 atom stereocenters. The molecule has 1 aliphatic heterocycles. The highest BCUT2D eigenvalue weighted by molar-refractivity contribution is 5.99. The maximum absolute atomic E-state index is 13.2. The number of Topliss-reactive ketones (excluding diaryl/α,β-unsaturated/α-hetero) is 1. The van der Waals surface area contributed by atoms with Crippen molar-refractivity contribution in [1.29, 1.82) is 0 Å². The Morgan fingerprint density at radius 2 is 1.91 bits per heavy atom. The number of rotatable bonds is 10. The van der Waals surface area contributed by atoms with Crippen molar-refractivity contribution in [3.63, 3.8) is 0 Å². The van der Waals surface area contributed by atoms with Crippen molar-refractivity contribution in [2.24, 2.45) is 0 Å². The molecule has 2 aromatic heterocycles. The average Bonchev–Trinajstić information content (AvgIpc) is 3.16. The van der Waals surface area contributed by atoms with E-state index in [2.05, 4.69) is 26.7 Å². The molecule has 0 saturated carbocycles. The second-order valence-corrected chi connectivity index (χ2v) is 8.84. The minimum Gasteiger partial charge on any atom is -0.493 e. The lowest BCUT2D eigenvalue weighted by Gasteiger charge is -2.33. The normalized spacial score (nSPS) is 15.1. The standard InChI is InChI=1S/C25H34N6O4/c1-4-6-22-26-17(3)23-25(34)27-24(28-31(22)23)19-15-18(7-8-21(19)35-5-2)20(33)16-30-11-9-29(10-12-30)13-14-32/h7-8,15,32H,4-6,9-14,16H2,1-3H3,(H,27,28,34). The molecule has 1 saturated heterocycles. The summed E-state index contributed by atoms with van der Waals surface area (Å²) in [5, 5.41) is 13.8. The van der Waals surface area contributed by atoms with Crippen LogP contribution in [0.15, 0.2) is 23.0 Å². The number of aliphatic hydroxyl groups excluding tert-OH is 1. The van der Waals surface area contributed by atoms with E-state index < -0.39 is 0 Å². The fourth-order valence-corrected chi connectivity index (χ4v) is 4.52. The van der Waals surface area contributed by atoms with Crippen molar-refractivity contribution in [3.05, 3.63) is 45.6 Å². The van der Waals surface area contributed by atoms with Crippen molar-refractivity contribution in [2.75, 3.05) is 52.5 Å². The Balaban J connectivity index is 1.65. The lowest BCUT2D eigenvalue weighted by atomic mass is 10.0. The lowest BCUT2D eigenvalue weighted by molar-refractivity contribution is 0.0822. The zero-order valence-corrected chi connectivity index (χ0v) is 20.7. The van der Waals surface area contributed by atoms with Gasteiger partial charge >= 0.3 is 0 Å². The Kier molecular flexibility index (Phi) is 7.94. The molecule has 1 aliphatic rings. The summed E-state index contributed by atoms with van der Waals surface area (Å²) in [6.07, 6.45) is 1.58. The first-order valence-electron chi connectivity index (χ1n) is 12.3. The second-order valence-electron chi connectivity index (χ2n) is 8.84. The van der Waals surface area contributed by atoms with Gasteiger partial charge in [-0.05, 0) is 38.5 Å². The Hall–Kier alpha value is -3.08. The van der Waals surface area contributed by atoms with Crippen LogP contribution in [-0.2, 0) is 6.42 Å². The Morgan fingerprint density at radius 1 is 1.17 bits per heavy atom. The number of nitrogens with zero attached hydrogens (tertiary/aromatic N) is 5. The van der Waals surface area contributed by atoms with E-state index in [1.807, 2.05) is 6.92 Å². The number of aliphatic hydroxyl groups is 1. The molecule has 0 radical (unpaired) electrons. The van der Waals surface area contributed by atoms with Gasteiger partial charge in [0.2, 0.25) is 0 Å².